The SMILES string of the molecule is Cc1cc(Nc2ncnc3ccc(OCCN4CCN(C)CC4)cc23)ccc1Oc1ccn2ncnc2c1. The van der Waals surface area contributed by atoms with Gasteiger partial charge in [0, 0.05) is 56.1 Å². The van der Waals surface area contributed by atoms with Gasteiger partial charge >= 0.3 is 0 Å². The van der Waals surface area contributed by atoms with Crippen LogP contribution in [0, 0.1) is 6.92 Å². The molecule has 10 nitrogen and oxygen atoms in total. The molecule has 0 bridgehead atoms. The van der Waals surface area contributed by atoms with E-state index in [0.29, 0.717) is 12.4 Å². The second kappa shape index (κ2) is 10.6. The monoisotopic (exact) mass is 510 g/mol. The lowest BCUT2D eigenvalue weighted by Gasteiger charge is -2.32. The average molecular weight is 511 g/mol. The van der Waals surface area contributed by atoms with E-state index in [1.54, 1.807) is 10.8 Å². The fourth-order valence-corrected chi connectivity index (χ4v) is 4.55. The summed E-state index contributed by atoms with van der Waals surface area (Å²) in [6, 6.07) is 15.6. The molecule has 0 amide bonds. The van der Waals surface area contributed by atoms with E-state index >= 15 is 0 Å². The number of nitrogens with zero attached hydrogens (tertiary/aromatic N) is 7. The molecule has 1 fully saturated rings. The molecule has 1 aliphatic heterocycles. The molecule has 5 aromatic rings. The molecule has 0 atom stereocenters. The molecule has 38 heavy (non-hydrogen) atoms. The molecule has 2 aromatic carbocycles. The Labute approximate surface area is 220 Å². The molecule has 1 saturated heterocycles. The van der Waals surface area contributed by atoms with E-state index in [1.165, 1.54) is 6.33 Å². The first-order valence-electron chi connectivity index (χ1n) is 12.7. The summed E-state index contributed by atoms with van der Waals surface area (Å²) < 4.78 is 13.9. The minimum absolute atomic E-state index is 0.649. The molecule has 0 radical (unpaired) electrons. The number of benzene rings is 2. The van der Waals surface area contributed by atoms with Gasteiger partial charge in [-0.05, 0) is 62.0 Å². The van der Waals surface area contributed by atoms with Crippen molar-refractivity contribution in [2.24, 2.45) is 0 Å². The maximum absolute atomic E-state index is 6.11. The zero-order chi connectivity index (χ0) is 25.9. The molecule has 10 heteroatoms. The highest BCUT2D eigenvalue weighted by Crippen LogP contribution is 2.31. The number of rotatable bonds is 8. The minimum Gasteiger partial charge on any atom is -0.492 e. The van der Waals surface area contributed by atoms with Crippen LogP contribution in [0.1, 0.15) is 5.56 Å². The van der Waals surface area contributed by atoms with Crippen LogP contribution in [-0.4, -0.2) is 80.7 Å². The number of hydrogen-bond donors (Lipinski definition) is 1. The molecule has 6 rings (SSSR count). The van der Waals surface area contributed by atoms with Gasteiger partial charge in [0.15, 0.2) is 5.65 Å². The van der Waals surface area contributed by atoms with Crippen LogP contribution in [-0.2, 0) is 0 Å². The van der Waals surface area contributed by atoms with E-state index < -0.39 is 0 Å². The highest BCUT2D eigenvalue weighted by Gasteiger charge is 2.14. The van der Waals surface area contributed by atoms with Crippen molar-refractivity contribution in [1.82, 2.24) is 34.4 Å². The number of aryl methyl sites for hydroxylation is 1. The van der Waals surface area contributed by atoms with Crippen molar-refractivity contribution < 1.29 is 9.47 Å². The molecule has 1 aliphatic rings. The lowest BCUT2D eigenvalue weighted by Crippen LogP contribution is -2.45. The van der Waals surface area contributed by atoms with Crippen molar-refractivity contribution in [3.63, 3.8) is 0 Å². The van der Waals surface area contributed by atoms with Crippen LogP contribution in [0.5, 0.6) is 17.2 Å². The fraction of sp³-hybridized carbons (Fsp3) is 0.286. The largest absolute Gasteiger partial charge is 0.492 e. The minimum atomic E-state index is 0.649. The zero-order valence-corrected chi connectivity index (χ0v) is 21.5. The van der Waals surface area contributed by atoms with Gasteiger partial charge in [0.2, 0.25) is 0 Å². The van der Waals surface area contributed by atoms with Gasteiger partial charge in [-0.3, -0.25) is 4.90 Å². The molecule has 4 heterocycles. The molecule has 0 saturated carbocycles. The van der Waals surface area contributed by atoms with Crippen LogP contribution in [0.2, 0.25) is 0 Å². The van der Waals surface area contributed by atoms with Gasteiger partial charge in [-0.15, -0.1) is 0 Å². The summed E-state index contributed by atoms with van der Waals surface area (Å²) in [7, 11) is 2.17. The van der Waals surface area contributed by atoms with E-state index in [0.717, 1.165) is 77.8 Å². The first-order valence-corrected chi connectivity index (χ1v) is 12.7. The average Bonchev–Trinajstić information content (AvgIpc) is 3.40. The molecule has 0 unspecified atom stereocenters. The fourth-order valence-electron chi connectivity index (χ4n) is 4.55. The van der Waals surface area contributed by atoms with Gasteiger partial charge in [-0.2, -0.15) is 5.10 Å². The molecular weight excluding hydrogens is 480 g/mol. The number of nitrogens with one attached hydrogen (secondary N) is 1. The Kier molecular flexibility index (Phi) is 6.72. The van der Waals surface area contributed by atoms with Gasteiger partial charge in [0.05, 0.1) is 5.52 Å². The summed E-state index contributed by atoms with van der Waals surface area (Å²) in [5, 5.41) is 8.47. The molecule has 1 N–H and O–H groups in total. The van der Waals surface area contributed by atoms with Gasteiger partial charge in [-0.1, -0.05) is 0 Å². The molecule has 0 spiro atoms. The van der Waals surface area contributed by atoms with E-state index in [4.69, 9.17) is 9.47 Å². The Morgan fingerprint density at radius 3 is 2.66 bits per heavy atom. The van der Waals surface area contributed by atoms with Gasteiger partial charge in [-0.25, -0.2) is 19.5 Å². The van der Waals surface area contributed by atoms with Crippen molar-refractivity contribution in [1.29, 1.82) is 0 Å². The smallest absolute Gasteiger partial charge is 0.158 e. The van der Waals surface area contributed by atoms with Crippen LogP contribution < -0.4 is 14.8 Å². The highest BCUT2D eigenvalue weighted by molar-refractivity contribution is 5.91. The van der Waals surface area contributed by atoms with Crippen LogP contribution >= 0.6 is 0 Å². The summed E-state index contributed by atoms with van der Waals surface area (Å²) in [6.07, 6.45) is 4.92. The maximum Gasteiger partial charge on any atom is 0.158 e. The van der Waals surface area contributed by atoms with Gasteiger partial charge < -0.3 is 19.7 Å². The number of aromatic nitrogens is 5. The first-order chi connectivity index (χ1) is 18.6. The predicted molar refractivity (Wildman–Crippen MR) is 146 cm³/mol. The van der Waals surface area contributed by atoms with Gasteiger partial charge in [0.1, 0.15) is 42.3 Å². The van der Waals surface area contributed by atoms with Crippen molar-refractivity contribution in [3.05, 3.63) is 72.9 Å². The van der Waals surface area contributed by atoms with Crippen molar-refractivity contribution >= 4 is 28.1 Å². The lowest BCUT2D eigenvalue weighted by atomic mass is 10.2. The number of ether oxygens (including phenoxy) is 2. The Hall–Kier alpha value is -4.28. The Balaban J connectivity index is 1.14. The van der Waals surface area contributed by atoms with E-state index in [-0.39, 0.29) is 0 Å². The van der Waals surface area contributed by atoms with Crippen molar-refractivity contribution in [2.75, 3.05) is 51.7 Å². The third-order valence-electron chi connectivity index (χ3n) is 6.80. The number of anilines is 2. The standard InChI is InChI=1S/C28H30N8O2/c1-20-15-21(3-6-26(20)38-23-7-8-36-27(17-23)30-19-32-36)33-28-24-16-22(4-5-25(24)29-18-31-28)37-14-13-35-11-9-34(2)10-12-35/h3-8,15-19H,9-14H2,1-2H3,(H,29,31,33). The summed E-state index contributed by atoms with van der Waals surface area (Å²) >= 11 is 0. The third-order valence-corrected chi connectivity index (χ3v) is 6.80. The third kappa shape index (κ3) is 5.36. The van der Waals surface area contributed by atoms with Crippen LogP contribution in [0.15, 0.2) is 67.4 Å². The first kappa shape index (κ1) is 24.1. The molecule has 194 valence electrons. The lowest BCUT2D eigenvalue weighted by molar-refractivity contribution is 0.134. The number of pyridine rings is 1. The van der Waals surface area contributed by atoms with Crippen molar-refractivity contribution in [2.45, 2.75) is 6.92 Å². The van der Waals surface area contributed by atoms with Crippen molar-refractivity contribution in [3.8, 4) is 17.2 Å². The van der Waals surface area contributed by atoms with E-state index in [1.807, 2.05) is 61.7 Å². The Morgan fingerprint density at radius 2 is 1.79 bits per heavy atom. The summed E-state index contributed by atoms with van der Waals surface area (Å²) in [6.45, 7) is 7.96. The summed E-state index contributed by atoms with van der Waals surface area (Å²) in [4.78, 5) is 18.0. The van der Waals surface area contributed by atoms with E-state index in [2.05, 4.69) is 42.2 Å². The van der Waals surface area contributed by atoms with Crippen LogP contribution in [0.3, 0.4) is 0 Å². The van der Waals surface area contributed by atoms with Crippen LogP contribution in [0.4, 0.5) is 11.5 Å². The highest BCUT2D eigenvalue weighted by atomic mass is 16.5. The zero-order valence-electron chi connectivity index (χ0n) is 21.5. The summed E-state index contributed by atoms with van der Waals surface area (Å²) in [5.74, 6) is 3.01. The van der Waals surface area contributed by atoms with E-state index in [9.17, 15) is 0 Å². The number of likely N-dealkylation sites (N-methyl/N-ethyl adjacent to an activating group) is 1. The molecular formula is C28H30N8O2. The topological polar surface area (TPSA) is 92.9 Å². The predicted octanol–water partition coefficient (Wildman–Crippen LogP) is 4.14. The Bertz CT molecular complexity index is 1560. The normalized spacial score (nSPS) is 14.7. The number of fused-ring (bicyclic) bond motifs is 2. The number of hydrogen-bond acceptors (Lipinski definition) is 9. The second-order valence-corrected chi connectivity index (χ2v) is 9.53. The molecule has 0 aliphatic carbocycles. The maximum atomic E-state index is 6.11. The quantitative estimate of drug-likeness (QED) is 0.331. The van der Waals surface area contributed by atoms with Crippen LogP contribution in [0.25, 0.3) is 16.6 Å². The van der Waals surface area contributed by atoms with Gasteiger partial charge in [0.25, 0.3) is 0 Å². The second-order valence-electron chi connectivity index (χ2n) is 9.53. The number of piperazine rings is 1. The Morgan fingerprint density at radius 1 is 0.895 bits per heavy atom. The summed E-state index contributed by atoms with van der Waals surface area (Å²) in [5.41, 5.74) is 3.48. The molecule has 3 aromatic heterocycles.